The predicted octanol–water partition coefficient (Wildman–Crippen LogP) is 1.83. The van der Waals surface area contributed by atoms with E-state index < -0.39 is 0 Å². The Labute approximate surface area is 171 Å². The maximum absolute atomic E-state index is 13.1. The summed E-state index contributed by atoms with van der Waals surface area (Å²) >= 11 is 0. The standard InChI is InChI=1S/C21H27N5O3/c1-12-4-16(14-6-18(28-2)20(29-3)24-9-14)25-17-11-26(21(27)19(12)17)15-5-13(7-22)8-23-10-15/h8-10,12-14,16,18-20H,4-6,11H2,1-3H3. The Bertz CT molecular complexity index is 827. The minimum absolute atomic E-state index is 0.0845. The Morgan fingerprint density at radius 2 is 2.07 bits per heavy atom. The van der Waals surface area contributed by atoms with Crippen LogP contribution in [0.5, 0.6) is 0 Å². The first-order chi connectivity index (χ1) is 14.0. The quantitative estimate of drug-likeness (QED) is 0.722. The number of amides is 1. The molecule has 4 rings (SSSR count). The Morgan fingerprint density at radius 1 is 1.24 bits per heavy atom. The minimum atomic E-state index is -0.282. The second kappa shape index (κ2) is 8.17. The van der Waals surface area contributed by atoms with E-state index in [-0.39, 0.29) is 48.0 Å². The molecule has 29 heavy (non-hydrogen) atoms. The number of nitrogens with zero attached hydrogens (tertiary/aromatic N) is 5. The summed E-state index contributed by atoms with van der Waals surface area (Å²) < 4.78 is 10.9. The van der Waals surface area contributed by atoms with Crippen LogP contribution in [0.15, 0.2) is 26.9 Å². The van der Waals surface area contributed by atoms with Crippen LogP contribution < -0.4 is 0 Å². The molecule has 1 fully saturated rings. The molecule has 0 spiro atoms. The molecule has 154 valence electrons. The number of allylic oxidation sites excluding steroid dienone is 1. The van der Waals surface area contributed by atoms with Crippen LogP contribution in [0.1, 0.15) is 26.2 Å². The topological polar surface area (TPSA) is 99.6 Å². The third-order valence-corrected chi connectivity index (χ3v) is 6.44. The van der Waals surface area contributed by atoms with Gasteiger partial charge in [-0.25, -0.2) is 0 Å². The number of rotatable bonds is 4. The van der Waals surface area contributed by atoms with E-state index in [0.717, 1.165) is 24.3 Å². The van der Waals surface area contributed by atoms with Crippen LogP contribution in [-0.2, 0) is 14.3 Å². The maximum atomic E-state index is 13.1. The molecule has 0 aliphatic carbocycles. The second-order valence-electron chi connectivity index (χ2n) is 8.26. The van der Waals surface area contributed by atoms with E-state index >= 15 is 0 Å². The number of carbonyl (C=O) groups is 1. The summed E-state index contributed by atoms with van der Waals surface area (Å²) in [5.74, 6) is 0.00731. The van der Waals surface area contributed by atoms with Gasteiger partial charge in [0.15, 0.2) is 6.23 Å². The number of aliphatic imine (C=N–C) groups is 3. The summed E-state index contributed by atoms with van der Waals surface area (Å²) in [4.78, 5) is 28.6. The summed E-state index contributed by atoms with van der Waals surface area (Å²) in [5, 5.41) is 9.20. The average molecular weight is 397 g/mol. The molecular formula is C21H27N5O3. The molecule has 0 aromatic heterocycles. The highest BCUT2D eigenvalue weighted by molar-refractivity contribution is 6.12. The molecule has 4 aliphatic heterocycles. The molecule has 8 heteroatoms. The van der Waals surface area contributed by atoms with Gasteiger partial charge in [-0.15, -0.1) is 0 Å². The fourth-order valence-electron chi connectivity index (χ4n) is 4.88. The van der Waals surface area contributed by atoms with Crippen LogP contribution in [0.4, 0.5) is 0 Å². The third kappa shape index (κ3) is 3.65. The van der Waals surface area contributed by atoms with E-state index in [1.807, 2.05) is 6.21 Å². The number of hydrogen-bond donors (Lipinski definition) is 0. The molecule has 1 amide bonds. The van der Waals surface area contributed by atoms with Gasteiger partial charge in [-0.3, -0.25) is 19.8 Å². The van der Waals surface area contributed by atoms with Gasteiger partial charge in [0, 0.05) is 56.6 Å². The van der Waals surface area contributed by atoms with Crippen LogP contribution in [0.3, 0.4) is 0 Å². The van der Waals surface area contributed by atoms with Crippen molar-refractivity contribution in [1.29, 1.82) is 5.26 Å². The van der Waals surface area contributed by atoms with Crippen molar-refractivity contribution < 1.29 is 14.3 Å². The number of fused-ring (bicyclic) bond motifs is 1. The van der Waals surface area contributed by atoms with Gasteiger partial charge >= 0.3 is 0 Å². The third-order valence-electron chi connectivity index (χ3n) is 6.44. The number of carbonyl (C=O) groups excluding carboxylic acids is 1. The van der Waals surface area contributed by atoms with Gasteiger partial charge < -0.3 is 14.4 Å². The zero-order valence-electron chi connectivity index (χ0n) is 17.1. The van der Waals surface area contributed by atoms with Gasteiger partial charge in [0.05, 0.1) is 30.5 Å². The molecular weight excluding hydrogens is 370 g/mol. The lowest BCUT2D eigenvalue weighted by Gasteiger charge is -2.35. The molecule has 4 heterocycles. The highest BCUT2D eigenvalue weighted by Gasteiger charge is 2.47. The summed E-state index contributed by atoms with van der Waals surface area (Å²) in [5.41, 5.74) is 1.76. The van der Waals surface area contributed by atoms with Gasteiger partial charge in [-0.2, -0.15) is 5.26 Å². The summed E-state index contributed by atoms with van der Waals surface area (Å²) in [6.45, 7) is 2.62. The molecule has 0 saturated carbocycles. The number of hydrogen-bond acceptors (Lipinski definition) is 7. The Balaban J connectivity index is 1.54. The predicted molar refractivity (Wildman–Crippen MR) is 109 cm³/mol. The van der Waals surface area contributed by atoms with E-state index in [1.54, 1.807) is 31.5 Å². The van der Waals surface area contributed by atoms with Crippen molar-refractivity contribution in [3.05, 3.63) is 11.9 Å². The van der Waals surface area contributed by atoms with Gasteiger partial charge in [-0.05, 0) is 18.8 Å². The first kappa shape index (κ1) is 19.9. The van der Waals surface area contributed by atoms with Crippen molar-refractivity contribution in [3.8, 4) is 6.07 Å². The van der Waals surface area contributed by atoms with E-state index in [1.165, 1.54) is 0 Å². The molecule has 0 aromatic rings. The molecule has 1 saturated heterocycles. The smallest absolute Gasteiger partial charge is 0.236 e. The fourth-order valence-corrected chi connectivity index (χ4v) is 4.88. The van der Waals surface area contributed by atoms with Crippen molar-refractivity contribution in [2.45, 2.75) is 44.6 Å². The highest BCUT2D eigenvalue weighted by Crippen LogP contribution is 2.38. The number of likely N-dealkylation sites (tertiary alicyclic amines) is 1. The molecule has 7 atom stereocenters. The van der Waals surface area contributed by atoms with Crippen LogP contribution in [0, 0.1) is 35.0 Å². The summed E-state index contributed by atoms with van der Waals surface area (Å²) in [7, 11) is 3.32. The summed E-state index contributed by atoms with van der Waals surface area (Å²) in [6.07, 6.45) is 7.10. The lowest BCUT2D eigenvalue weighted by Crippen LogP contribution is -2.42. The zero-order chi connectivity index (χ0) is 20.5. The molecule has 0 bridgehead atoms. The lowest BCUT2D eigenvalue weighted by molar-refractivity contribution is -0.130. The van der Waals surface area contributed by atoms with Crippen LogP contribution in [-0.4, -0.2) is 68.1 Å². The fraction of sp³-hybridized carbons (Fsp3) is 0.667. The van der Waals surface area contributed by atoms with Gasteiger partial charge in [-0.1, -0.05) is 6.92 Å². The van der Waals surface area contributed by atoms with Crippen LogP contribution in [0.25, 0.3) is 0 Å². The van der Waals surface area contributed by atoms with Gasteiger partial charge in [0.1, 0.15) is 6.10 Å². The van der Waals surface area contributed by atoms with Crippen molar-refractivity contribution >= 4 is 24.0 Å². The van der Waals surface area contributed by atoms with Crippen LogP contribution >= 0.6 is 0 Å². The van der Waals surface area contributed by atoms with Crippen molar-refractivity contribution in [2.24, 2.45) is 38.6 Å². The first-order valence-electron chi connectivity index (χ1n) is 10.1. The van der Waals surface area contributed by atoms with E-state index in [2.05, 4.69) is 23.0 Å². The Hall–Kier alpha value is -2.37. The van der Waals surface area contributed by atoms with E-state index in [4.69, 9.17) is 14.5 Å². The minimum Gasteiger partial charge on any atom is -0.377 e. The number of methoxy groups -OCH3 is 2. The number of ether oxygens (including phenoxy) is 2. The summed E-state index contributed by atoms with van der Waals surface area (Å²) in [6, 6.07) is 2.31. The molecule has 0 radical (unpaired) electrons. The Kier molecular flexibility index (Phi) is 5.61. The molecule has 7 unspecified atom stereocenters. The molecule has 0 aromatic carbocycles. The SMILES string of the molecule is COC1CC(C2CC(C)C3C(=O)N(C4=CN=CC(C#N)C4)CC3=N2)C=NC1OC. The van der Waals surface area contributed by atoms with Crippen molar-refractivity contribution in [3.63, 3.8) is 0 Å². The molecule has 0 N–H and O–H groups in total. The number of nitriles is 1. The lowest BCUT2D eigenvalue weighted by atomic mass is 9.78. The van der Waals surface area contributed by atoms with Crippen LogP contribution in [0.2, 0.25) is 0 Å². The molecule has 4 aliphatic rings. The zero-order valence-corrected chi connectivity index (χ0v) is 17.1. The Morgan fingerprint density at radius 3 is 2.79 bits per heavy atom. The van der Waals surface area contributed by atoms with Gasteiger partial charge in [0.25, 0.3) is 0 Å². The van der Waals surface area contributed by atoms with E-state index in [0.29, 0.717) is 13.0 Å². The maximum Gasteiger partial charge on any atom is 0.236 e. The highest BCUT2D eigenvalue weighted by atomic mass is 16.5. The average Bonchev–Trinajstić information content (AvgIpc) is 3.10. The van der Waals surface area contributed by atoms with Crippen molar-refractivity contribution in [1.82, 2.24) is 4.90 Å². The monoisotopic (exact) mass is 397 g/mol. The van der Waals surface area contributed by atoms with Gasteiger partial charge in [0.2, 0.25) is 5.91 Å². The second-order valence-corrected chi connectivity index (χ2v) is 8.26. The van der Waals surface area contributed by atoms with Crippen molar-refractivity contribution in [2.75, 3.05) is 20.8 Å². The first-order valence-corrected chi connectivity index (χ1v) is 10.1. The molecule has 8 nitrogen and oxygen atoms in total. The van der Waals surface area contributed by atoms with E-state index in [9.17, 15) is 10.1 Å². The largest absolute Gasteiger partial charge is 0.377 e. The normalized spacial score (nSPS) is 39.0.